The summed E-state index contributed by atoms with van der Waals surface area (Å²) in [6.45, 7) is 6.76. The average molecular weight is 172 g/mol. The van der Waals surface area contributed by atoms with Crippen LogP contribution in [0.5, 0.6) is 0 Å². The van der Waals surface area contributed by atoms with Gasteiger partial charge in [-0.05, 0) is 20.3 Å². The molecule has 2 bridgehead atoms. The lowest BCUT2D eigenvalue weighted by Gasteiger charge is -2.33. The number of hydrogen-bond donors (Lipinski definition) is 2. The van der Waals surface area contributed by atoms with E-state index in [9.17, 15) is 0 Å². The molecule has 0 aromatic rings. The van der Waals surface area contributed by atoms with Gasteiger partial charge in [-0.15, -0.1) is 0 Å². The van der Waals surface area contributed by atoms with E-state index in [0.29, 0.717) is 6.04 Å². The van der Waals surface area contributed by atoms with Crippen LogP contribution in [0.15, 0.2) is 0 Å². The first-order valence-electron chi connectivity index (χ1n) is 4.34. The van der Waals surface area contributed by atoms with Crippen molar-refractivity contribution in [3.63, 3.8) is 0 Å². The maximum atomic E-state index is 4.62. The molecule has 64 valence electrons. The normalized spacial score (nSPS) is 44.2. The Morgan fingerprint density at radius 3 is 2.64 bits per heavy atom. The SMILES string of the molecule is CC(C)N1CC2(S)CC1CN2. The second-order valence-corrected chi connectivity index (χ2v) is 4.89. The fourth-order valence-electron chi connectivity index (χ4n) is 2.23. The number of nitrogens with one attached hydrogen (secondary N) is 1. The highest BCUT2D eigenvalue weighted by Crippen LogP contribution is 2.36. The molecular weight excluding hydrogens is 156 g/mol. The summed E-state index contributed by atoms with van der Waals surface area (Å²) in [4.78, 5) is 2.68. The second-order valence-electron chi connectivity index (χ2n) is 4.04. The zero-order valence-electron chi connectivity index (χ0n) is 7.17. The lowest BCUT2D eigenvalue weighted by Crippen LogP contribution is -2.50. The third kappa shape index (κ3) is 1.19. The van der Waals surface area contributed by atoms with Crippen LogP contribution >= 0.6 is 12.6 Å². The molecule has 2 aliphatic heterocycles. The van der Waals surface area contributed by atoms with Crippen LogP contribution in [0.3, 0.4) is 0 Å². The van der Waals surface area contributed by atoms with E-state index in [-0.39, 0.29) is 4.87 Å². The minimum absolute atomic E-state index is 0.134. The first kappa shape index (κ1) is 7.90. The maximum absolute atomic E-state index is 4.62. The molecular formula is C8H16N2S. The number of hydrogen-bond acceptors (Lipinski definition) is 3. The van der Waals surface area contributed by atoms with Gasteiger partial charge >= 0.3 is 0 Å². The molecule has 2 saturated heterocycles. The third-order valence-corrected chi connectivity index (χ3v) is 3.30. The number of rotatable bonds is 1. The van der Waals surface area contributed by atoms with Crippen LogP contribution < -0.4 is 5.32 Å². The predicted octanol–water partition coefficient (Wildman–Crippen LogP) is 0.698. The highest BCUT2D eigenvalue weighted by atomic mass is 32.1. The van der Waals surface area contributed by atoms with Crippen LogP contribution in [0.2, 0.25) is 0 Å². The fourth-order valence-corrected chi connectivity index (χ4v) is 2.70. The standard InChI is InChI=1S/C8H16N2S/c1-6(2)10-5-8(11)3-7(10)4-9-8/h6-7,9,11H,3-5H2,1-2H3. The molecule has 2 fully saturated rings. The summed E-state index contributed by atoms with van der Waals surface area (Å²) in [5.41, 5.74) is 0. The van der Waals surface area contributed by atoms with Gasteiger partial charge in [-0.1, -0.05) is 0 Å². The number of nitrogens with zero attached hydrogens (tertiary/aromatic N) is 1. The molecule has 0 amide bonds. The second kappa shape index (κ2) is 2.38. The lowest BCUT2D eigenvalue weighted by atomic mass is 10.2. The Morgan fingerprint density at radius 1 is 1.64 bits per heavy atom. The van der Waals surface area contributed by atoms with E-state index in [1.165, 1.54) is 6.42 Å². The topological polar surface area (TPSA) is 15.3 Å². The molecule has 2 aliphatic rings. The summed E-state index contributed by atoms with van der Waals surface area (Å²) in [6, 6.07) is 1.42. The zero-order chi connectivity index (χ0) is 8.06. The Morgan fingerprint density at radius 2 is 2.36 bits per heavy atom. The van der Waals surface area contributed by atoms with Gasteiger partial charge in [-0.25, -0.2) is 0 Å². The van der Waals surface area contributed by atoms with Gasteiger partial charge in [-0.2, -0.15) is 12.6 Å². The van der Waals surface area contributed by atoms with Crippen molar-refractivity contribution in [2.75, 3.05) is 13.1 Å². The van der Waals surface area contributed by atoms with Gasteiger partial charge in [0.25, 0.3) is 0 Å². The monoisotopic (exact) mass is 172 g/mol. The summed E-state index contributed by atoms with van der Waals surface area (Å²) in [5.74, 6) is 0. The van der Waals surface area contributed by atoms with Gasteiger partial charge in [0.05, 0.1) is 4.87 Å². The molecule has 2 heterocycles. The summed E-state index contributed by atoms with van der Waals surface area (Å²) < 4.78 is 0. The molecule has 0 radical (unpaired) electrons. The molecule has 0 aliphatic carbocycles. The molecule has 1 N–H and O–H groups in total. The molecule has 0 aromatic heterocycles. The van der Waals surface area contributed by atoms with Gasteiger partial charge < -0.3 is 5.32 Å². The van der Waals surface area contributed by atoms with Crippen LogP contribution in [0.25, 0.3) is 0 Å². The summed E-state index contributed by atoms with van der Waals surface area (Å²) in [7, 11) is 0. The van der Waals surface area contributed by atoms with E-state index in [0.717, 1.165) is 19.1 Å². The van der Waals surface area contributed by atoms with Crippen LogP contribution in [-0.2, 0) is 0 Å². The van der Waals surface area contributed by atoms with Crippen molar-refractivity contribution >= 4 is 12.6 Å². The van der Waals surface area contributed by atoms with Crippen molar-refractivity contribution in [1.29, 1.82) is 0 Å². The molecule has 2 rings (SSSR count). The van der Waals surface area contributed by atoms with Crippen molar-refractivity contribution in [2.45, 2.75) is 37.2 Å². The maximum Gasteiger partial charge on any atom is 0.0760 e. The number of piperazine rings is 1. The van der Waals surface area contributed by atoms with Crippen molar-refractivity contribution in [3.8, 4) is 0 Å². The molecule has 0 aromatic carbocycles. The molecule has 2 nitrogen and oxygen atoms in total. The number of likely N-dealkylation sites (tertiary alicyclic amines) is 1. The first-order chi connectivity index (χ1) is 5.11. The Labute approximate surface area is 73.7 Å². The first-order valence-corrected chi connectivity index (χ1v) is 4.79. The van der Waals surface area contributed by atoms with E-state index >= 15 is 0 Å². The van der Waals surface area contributed by atoms with Gasteiger partial charge in [0.1, 0.15) is 0 Å². The number of thiol groups is 1. The molecule has 0 saturated carbocycles. The highest BCUT2D eigenvalue weighted by Gasteiger charge is 2.47. The van der Waals surface area contributed by atoms with Gasteiger partial charge in [-0.3, -0.25) is 4.90 Å². The summed E-state index contributed by atoms with van der Waals surface area (Å²) in [5, 5.41) is 3.44. The van der Waals surface area contributed by atoms with E-state index in [2.05, 4.69) is 36.7 Å². The zero-order valence-corrected chi connectivity index (χ0v) is 8.06. The van der Waals surface area contributed by atoms with Gasteiger partial charge in [0.15, 0.2) is 0 Å². The van der Waals surface area contributed by atoms with Crippen LogP contribution in [0.1, 0.15) is 20.3 Å². The van der Waals surface area contributed by atoms with Crippen molar-refractivity contribution in [3.05, 3.63) is 0 Å². The summed E-state index contributed by atoms with van der Waals surface area (Å²) >= 11 is 4.62. The summed E-state index contributed by atoms with van der Waals surface area (Å²) in [6.07, 6.45) is 1.22. The largest absolute Gasteiger partial charge is 0.300 e. The molecule has 2 atom stereocenters. The van der Waals surface area contributed by atoms with Gasteiger partial charge in [0, 0.05) is 25.2 Å². The van der Waals surface area contributed by atoms with E-state index in [1.54, 1.807) is 0 Å². The predicted molar refractivity (Wildman–Crippen MR) is 50.0 cm³/mol. The van der Waals surface area contributed by atoms with Crippen molar-refractivity contribution in [1.82, 2.24) is 10.2 Å². The minimum Gasteiger partial charge on any atom is -0.300 e. The molecule has 11 heavy (non-hydrogen) atoms. The molecule has 0 spiro atoms. The van der Waals surface area contributed by atoms with Crippen molar-refractivity contribution in [2.24, 2.45) is 0 Å². The minimum atomic E-state index is 0.134. The Bertz CT molecular complexity index is 171. The fraction of sp³-hybridized carbons (Fsp3) is 1.00. The average Bonchev–Trinajstić information content (AvgIpc) is 2.41. The van der Waals surface area contributed by atoms with Crippen LogP contribution in [0.4, 0.5) is 0 Å². The van der Waals surface area contributed by atoms with Crippen LogP contribution in [0, 0.1) is 0 Å². The molecule has 3 heteroatoms. The van der Waals surface area contributed by atoms with E-state index in [1.807, 2.05) is 0 Å². The Kier molecular flexibility index (Phi) is 1.71. The highest BCUT2D eigenvalue weighted by molar-refractivity contribution is 7.81. The lowest BCUT2D eigenvalue weighted by molar-refractivity contribution is 0.177. The van der Waals surface area contributed by atoms with Crippen LogP contribution in [-0.4, -0.2) is 34.9 Å². The molecule has 2 unspecified atom stereocenters. The Balaban J connectivity index is 2.10. The van der Waals surface area contributed by atoms with E-state index < -0.39 is 0 Å². The van der Waals surface area contributed by atoms with E-state index in [4.69, 9.17) is 0 Å². The van der Waals surface area contributed by atoms with Gasteiger partial charge in [0.2, 0.25) is 0 Å². The Hall–Kier alpha value is 0.270. The quantitative estimate of drug-likeness (QED) is 0.566. The third-order valence-electron chi connectivity index (χ3n) is 2.82. The number of fused-ring (bicyclic) bond motifs is 2. The van der Waals surface area contributed by atoms with Crippen molar-refractivity contribution < 1.29 is 0 Å². The smallest absolute Gasteiger partial charge is 0.0760 e.